The molecule has 2 aromatic heterocycles. The lowest BCUT2D eigenvalue weighted by Gasteiger charge is -2.39. The number of nitrogens with one attached hydrogen (secondary N) is 2. The summed E-state index contributed by atoms with van der Waals surface area (Å²) in [7, 11) is 0. The molecule has 0 spiro atoms. The van der Waals surface area contributed by atoms with E-state index in [0.717, 1.165) is 12.1 Å². The van der Waals surface area contributed by atoms with Gasteiger partial charge in [-0.25, -0.2) is 18.4 Å². The van der Waals surface area contributed by atoms with Gasteiger partial charge in [0.2, 0.25) is 22.8 Å². The monoisotopic (exact) mass is 914 g/mol. The smallest absolute Gasteiger partial charge is 0.341 e. The summed E-state index contributed by atoms with van der Waals surface area (Å²) in [6.07, 6.45) is 2.56. The van der Waals surface area contributed by atoms with E-state index < -0.39 is 45.6 Å². The third kappa shape index (κ3) is 7.43. The van der Waals surface area contributed by atoms with E-state index >= 15 is 8.78 Å². The van der Waals surface area contributed by atoms with E-state index in [1.165, 1.54) is 12.4 Å². The molecule has 9 rings (SSSR count). The summed E-state index contributed by atoms with van der Waals surface area (Å²) in [6, 6.07) is 1.55. The molecular formula is C42H48F2N14O8. The molecule has 0 saturated carbocycles. The van der Waals surface area contributed by atoms with E-state index in [9.17, 15) is 29.4 Å². The minimum Gasteiger partial charge on any atom is -0.487 e. The Morgan fingerprint density at radius 2 is 0.955 bits per heavy atom. The van der Waals surface area contributed by atoms with Gasteiger partial charge < -0.3 is 69.7 Å². The van der Waals surface area contributed by atoms with Crippen molar-refractivity contribution in [3.05, 3.63) is 67.7 Å². The maximum Gasteiger partial charge on any atom is 0.341 e. The Bertz CT molecular complexity index is 2720. The number of carbonyl (C=O) groups is 2. The number of nitrogens with two attached hydrogens (primary N) is 2. The number of anilines is 2. The number of ether oxygens (including phenoxy) is 2. The average Bonchev–Trinajstić information content (AvgIpc) is 3.29. The Hall–Kier alpha value is -7.66. The predicted molar refractivity (Wildman–Crippen MR) is 240 cm³/mol. The molecule has 22 nitrogen and oxygen atoms in total. The largest absolute Gasteiger partial charge is 0.487 e. The highest BCUT2D eigenvalue weighted by Crippen LogP contribution is 2.43. The molecule has 2 atom stereocenters. The number of aliphatic imine (C=N–C) groups is 2. The second-order valence-electron chi connectivity index (χ2n) is 16.9. The first kappa shape index (κ1) is 43.6. The second-order valence-corrected chi connectivity index (χ2v) is 16.9. The number of aromatic carboxylic acids is 2. The molecule has 0 bridgehead atoms. The molecule has 5 aliphatic rings. The summed E-state index contributed by atoms with van der Waals surface area (Å²) in [4.78, 5) is 69.0. The van der Waals surface area contributed by atoms with Gasteiger partial charge >= 0.3 is 11.9 Å². The van der Waals surface area contributed by atoms with Gasteiger partial charge in [-0.3, -0.25) is 20.4 Å². The van der Waals surface area contributed by atoms with Crippen LogP contribution in [-0.2, 0) is 0 Å². The standard InChI is InChI=1S/C42H48F2N14O8/c1-21-19-65-35-29-23(33(59)25(37(61)62)17-57(21)29)15-27(43)31(35)51-3-7-53(8-4-51)39(45)49-41(47)55-11-13-56(14-12-55)42(48)50-40(46)54-9-5-52(6-10-54)32-28(44)16-24-30-36(32)66-20-22(2)58(30)18-26(34(24)60)38(63)64/h15-18,21-22H,3-14,19-20H2,1-2H3,(H,61,62)(H,63,64)(H3,45,47,49)(H3,46,48,50). The van der Waals surface area contributed by atoms with Crippen LogP contribution >= 0.6 is 0 Å². The van der Waals surface area contributed by atoms with Crippen molar-refractivity contribution in [3.8, 4) is 11.5 Å². The van der Waals surface area contributed by atoms with E-state index in [1.807, 2.05) is 23.6 Å². The number of hydrogen-bond donors (Lipinski definition) is 6. The molecule has 5 aliphatic heterocycles. The van der Waals surface area contributed by atoms with Gasteiger partial charge in [0.25, 0.3) is 0 Å². The van der Waals surface area contributed by atoms with Gasteiger partial charge in [-0.15, -0.1) is 0 Å². The molecule has 348 valence electrons. The molecule has 0 aliphatic carbocycles. The number of carboxylic acids is 2. The number of pyridine rings is 2. The van der Waals surface area contributed by atoms with Gasteiger partial charge in [0, 0.05) is 90.9 Å². The molecule has 7 heterocycles. The number of piperazine rings is 3. The number of nitrogens with zero attached hydrogens (tertiary/aromatic N) is 10. The van der Waals surface area contributed by atoms with Crippen molar-refractivity contribution in [1.29, 1.82) is 10.8 Å². The quantitative estimate of drug-likeness (QED) is 0.123. The maximum atomic E-state index is 15.8. The molecule has 3 saturated heterocycles. The third-order valence-electron chi connectivity index (χ3n) is 12.9. The molecule has 2 unspecified atom stereocenters. The summed E-state index contributed by atoms with van der Waals surface area (Å²) in [5.41, 5.74) is 11.3. The third-order valence-corrected chi connectivity index (χ3v) is 12.9. The molecule has 4 aromatic rings. The molecular weight excluding hydrogens is 867 g/mol. The number of halogens is 2. The fourth-order valence-electron chi connectivity index (χ4n) is 9.27. The molecule has 8 N–H and O–H groups in total. The first-order chi connectivity index (χ1) is 31.5. The van der Waals surface area contributed by atoms with Crippen LogP contribution in [-0.4, -0.2) is 166 Å². The molecule has 0 amide bonds. The SMILES string of the molecule is CC1COc2c(N3CCN(C(=N)/N=C(\N)N4CCN(/C(N)=N/C(=N)N5CCN(c6c(F)cc7c(=O)c(C(=O)O)cn8c7c6OCC8C)CC5)CC4)CC3)c(F)cc3c(=O)c(C(=O)O)cn1c23. The van der Waals surface area contributed by atoms with E-state index in [1.54, 1.807) is 28.7 Å². The highest BCUT2D eigenvalue weighted by molar-refractivity contribution is 5.99. The van der Waals surface area contributed by atoms with Crippen LogP contribution in [0.5, 0.6) is 11.5 Å². The van der Waals surface area contributed by atoms with Crippen molar-refractivity contribution in [2.24, 2.45) is 21.5 Å². The highest BCUT2D eigenvalue weighted by atomic mass is 19.1. The van der Waals surface area contributed by atoms with Gasteiger partial charge in [-0.2, -0.15) is 9.98 Å². The van der Waals surface area contributed by atoms with E-state index in [2.05, 4.69) is 9.98 Å². The minimum absolute atomic E-state index is 0.0656. The molecule has 24 heteroatoms. The van der Waals surface area contributed by atoms with Gasteiger partial charge in [0.05, 0.1) is 33.9 Å². The van der Waals surface area contributed by atoms with Crippen molar-refractivity contribution in [2.75, 3.05) is 102 Å². The maximum absolute atomic E-state index is 15.8. The minimum atomic E-state index is -1.39. The zero-order valence-corrected chi connectivity index (χ0v) is 36.1. The fraction of sp³-hybridized carbons (Fsp3) is 0.429. The number of benzene rings is 2. The first-order valence-corrected chi connectivity index (χ1v) is 21.4. The van der Waals surface area contributed by atoms with Crippen LogP contribution in [0.25, 0.3) is 21.8 Å². The summed E-state index contributed by atoms with van der Waals surface area (Å²) in [5.74, 6) is -3.71. The van der Waals surface area contributed by atoms with Crippen molar-refractivity contribution < 1.29 is 38.1 Å². The Labute approximate surface area is 374 Å². The predicted octanol–water partition coefficient (Wildman–Crippen LogP) is 0.959. The zero-order chi connectivity index (χ0) is 46.9. The van der Waals surface area contributed by atoms with Gasteiger partial charge in [-0.1, -0.05) is 0 Å². The van der Waals surface area contributed by atoms with Crippen LogP contribution in [0.4, 0.5) is 20.2 Å². The lowest BCUT2D eigenvalue weighted by molar-refractivity contribution is 0.0683. The summed E-state index contributed by atoms with van der Waals surface area (Å²) < 4.78 is 46.8. The Morgan fingerprint density at radius 3 is 1.29 bits per heavy atom. The van der Waals surface area contributed by atoms with Crippen LogP contribution in [0.3, 0.4) is 0 Å². The normalized spacial score (nSPS) is 20.1. The summed E-state index contributed by atoms with van der Waals surface area (Å²) in [5, 5.41) is 36.5. The number of hydrogen-bond acceptors (Lipinski definition) is 10. The van der Waals surface area contributed by atoms with Crippen LogP contribution in [0.2, 0.25) is 0 Å². The van der Waals surface area contributed by atoms with Crippen LogP contribution in [0.1, 0.15) is 46.6 Å². The number of carboxylic acid groups (broad SMARTS) is 2. The Balaban J connectivity index is 0.788. The lowest BCUT2D eigenvalue weighted by Crippen LogP contribution is -2.55. The average molecular weight is 915 g/mol. The number of guanidine groups is 4. The molecule has 66 heavy (non-hydrogen) atoms. The fourth-order valence-corrected chi connectivity index (χ4v) is 9.27. The first-order valence-electron chi connectivity index (χ1n) is 21.4. The summed E-state index contributed by atoms with van der Waals surface area (Å²) in [6.45, 7) is 8.01. The zero-order valence-electron chi connectivity index (χ0n) is 36.1. The van der Waals surface area contributed by atoms with Crippen LogP contribution in [0, 0.1) is 22.5 Å². The second kappa shape index (κ2) is 16.7. The molecule has 2 aromatic carbocycles. The van der Waals surface area contributed by atoms with E-state index in [4.69, 9.17) is 31.8 Å². The van der Waals surface area contributed by atoms with Gasteiger partial charge in [0.15, 0.2) is 35.1 Å². The van der Waals surface area contributed by atoms with Crippen molar-refractivity contribution in [3.63, 3.8) is 0 Å². The number of rotatable bonds is 4. The van der Waals surface area contributed by atoms with Crippen LogP contribution < -0.4 is 41.6 Å². The van der Waals surface area contributed by atoms with Gasteiger partial charge in [0.1, 0.15) is 35.7 Å². The van der Waals surface area contributed by atoms with Crippen molar-refractivity contribution in [1.82, 2.24) is 28.7 Å². The molecule has 3 fully saturated rings. The topological polar surface area (TPSA) is 281 Å². The molecule has 0 radical (unpaired) electrons. The van der Waals surface area contributed by atoms with E-state index in [-0.39, 0.29) is 82.8 Å². The van der Waals surface area contributed by atoms with Crippen molar-refractivity contribution >= 4 is 69.0 Å². The van der Waals surface area contributed by atoms with Gasteiger partial charge in [-0.05, 0) is 26.0 Å². The summed E-state index contributed by atoms with van der Waals surface area (Å²) >= 11 is 0. The van der Waals surface area contributed by atoms with Crippen LogP contribution in [0.15, 0.2) is 44.1 Å². The highest BCUT2D eigenvalue weighted by Gasteiger charge is 2.34. The Kier molecular flexibility index (Phi) is 11.0. The number of aromatic nitrogens is 2. The lowest BCUT2D eigenvalue weighted by atomic mass is 10.1. The Morgan fingerprint density at radius 1 is 0.621 bits per heavy atom. The van der Waals surface area contributed by atoms with E-state index in [0.29, 0.717) is 89.6 Å². The van der Waals surface area contributed by atoms with Crippen molar-refractivity contribution in [2.45, 2.75) is 25.9 Å².